The van der Waals surface area contributed by atoms with E-state index < -0.39 is 22.0 Å². The van der Waals surface area contributed by atoms with E-state index in [1.807, 2.05) is 19.1 Å². The molecule has 7 nitrogen and oxygen atoms in total. The van der Waals surface area contributed by atoms with Crippen LogP contribution in [0.3, 0.4) is 0 Å². The molecule has 0 saturated carbocycles. The minimum absolute atomic E-state index is 0. The van der Waals surface area contributed by atoms with E-state index in [2.05, 4.69) is 16.7 Å². The Bertz CT molecular complexity index is 765. The quantitative estimate of drug-likeness (QED) is 0.386. The number of hydrogen-bond acceptors (Lipinski definition) is 5. The van der Waals surface area contributed by atoms with Crippen molar-refractivity contribution in [3.8, 4) is 5.75 Å². The first-order chi connectivity index (χ1) is 14.8. The van der Waals surface area contributed by atoms with Gasteiger partial charge in [0.25, 0.3) is 0 Å². The third-order valence-electron chi connectivity index (χ3n) is 5.86. The number of carbonyl (C=O) groups is 1. The van der Waals surface area contributed by atoms with E-state index in [0.29, 0.717) is 13.0 Å². The van der Waals surface area contributed by atoms with Gasteiger partial charge in [0.1, 0.15) is 11.8 Å². The molecule has 0 aromatic heterocycles. The van der Waals surface area contributed by atoms with Gasteiger partial charge in [0.15, 0.2) is 0 Å². The highest BCUT2D eigenvalue weighted by atomic mass is 35.5. The van der Waals surface area contributed by atoms with Crippen LogP contribution < -0.4 is 9.46 Å². The summed E-state index contributed by atoms with van der Waals surface area (Å²) in [7, 11) is -1.42. The van der Waals surface area contributed by atoms with Crippen LogP contribution in [-0.4, -0.2) is 62.9 Å². The Morgan fingerprint density at radius 1 is 1.19 bits per heavy atom. The van der Waals surface area contributed by atoms with E-state index >= 15 is 0 Å². The normalized spacial score (nSPS) is 16.3. The lowest BCUT2D eigenvalue weighted by Gasteiger charge is -2.28. The zero-order chi connectivity index (χ0) is 22.7. The molecule has 0 unspecified atom stereocenters. The number of hydrogen-bond donors (Lipinski definition) is 2. The van der Waals surface area contributed by atoms with Crippen molar-refractivity contribution < 1.29 is 23.1 Å². The molecule has 1 heterocycles. The topological polar surface area (TPSA) is 95.9 Å². The van der Waals surface area contributed by atoms with E-state index in [1.54, 1.807) is 12.1 Å². The Balaban J connectivity index is 0.00000512. The second-order valence-electron chi connectivity index (χ2n) is 8.62. The van der Waals surface area contributed by atoms with Crippen molar-refractivity contribution in [2.24, 2.45) is 5.92 Å². The Kier molecular flexibility index (Phi) is 13.2. The number of likely N-dealkylation sites (tertiary alicyclic amines) is 1. The summed E-state index contributed by atoms with van der Waals surface area (Å²) in [5, 5.41) is 9.40. The highest BCUT2D eigenvalue weighted by molar-refractivity contribution is 7.89. The summed E-state index contributed by atoms with van der Waals surface area (Å²) in [6.45, 7) is 4.97. The average Bonchev–Trinajstić information content (AvgIpc) is 2.74. The molecule has 1 aromatic rings. The highest BCUT2D eigenvalue weighted by Gasteiger charge is 2.24. The Morgan fingerprint density at radius 2 is 1.84 bits per heavy atom. The van der Waals surface area contributed by atoms with Gasteiger partial charge in [0.05, 0.1) is 12.4 Å². The van der Waals surface area contributed by atoms with Crippen LogP contribution in [0.25, 0.3) is 0 Å². The number of ether oxygens (including phenoxy) is 1. The molecule has 1 aromatic carbocycles. The number of nitrogens with one attached hydrogen (secondary N) is 1. The summed E-state index contributed by atoms with van der Waals surface area (Å²) in [5.74, 6) is 0.359. The molecule has 1 saturated heterocycles. The fourth-order valence-corrected chi connectivity index (χ4v) is 5.23. The summed E-state index contributed by atoms with van der Waals surface area (Å²) in [5.41, 5.74) is 0.750. The zero-order valence-corrected chi connectivity index (χ0v) is 20.9. The number of carboxylic acids is 1. The van der Waals surface area contributed by atoms with Crippen molar-refractivity contribution >= 4 is 28.4 Å². The van der Waals surface area contributed by atoms with Crippen LogP contribution in [0.1, 0.15) is 57.4 Å². The predicted molar refractivity (Wildman–Crippen MR) is 130 cm³/mol. The van der Waals surface area contributed by atoms with Gasteiger partial charge in [-0.25, -0.2) is 13.1 Å². The van der Waals surface area contributed by atoms with Gasteiger partial charge in [-0.2, -0.15) is 0 Å². The lowest BCUT2D eigenvalue weighted by atomic mass is 9.92. The number of rotatable bonds is 14. The lowest BCUT2D eigenvalue weighted by molar-refractivity contribution is -0.138. The molecular weight excluding hydrogens is 452 g/mol. The number of nitrogens with zero attached hydrogens (tertiary/aromatic N) is 1. The van der Waals surface area contributed by atoms with Gasteiger partial charge in [-0.1, -0.05) is 31.9 Å². The first kappa shape index (κ1) is 28.7. The maximum Gasteiger partial charge on any atom is 0.322 e. The molecule has 0 spiro atoms. The number of aliphatic carboxylic acids is 1. The highest BCUT2D eigenvalue weighted by Crippen LogP contribution is 2.22. The molecule has 0 amide bonds. The van der Waals surface area contributed by atoms with E-state index in [-0.39, 0.29) is 24.6 Å². The monoisotopic (exact) mass is 490 g/mol. The van der Waals surface area contributed by atoms with Crippen molar-refractivity contribution in [3.63, 3.8) is 0 Å². The minimum Gasteiger partial charge on any atom is -0.494 e. The van der Waals surface area contributed by atoms with Crippen LogP contribution in [0.5, 0.6) is 5.75 Å². The van der Waals surface area contributed by atoms with Gasteiger partial charge in [0.2, 0.25) is 10.0 Å². The number of carboxylic acid groups (broad SMARTS) is 1. The van der Waals surface area contributed by atoms with Gasteiger partial charge in [0, 0.05) is 0 Å². The molecule has 184 valence electrons. The van der Waals surface area contributed by atoms with Crippen molar-refractivity contribution in [1.82, 2.24) is 9.62 Å². The van der Waals surface area contributed by atoms with Crippen LogP contribution in [0.2, 0.25) is 0 Å². The predicted octanol–water partition coefficient (Wildman–Crippen LogP) is 3.71. The van der Waals surface area contributed by atoms with Gasteiger partial charge in [-0.05, 0) is 82.3 Å². The van der Waals surface area contributed by atoms with Gasteiger partial charge < -0.3 is 14.7 Å². The van der Waals surface area contributed by atoms with Crippen molar-refractivity contribution in [2.45, 2.75) is 64.3 Å². The fraction of sp³-hybridized carbons (Fsp3) is 0.696. The average molecular weight is 491 g/mol. The maximum absolute atomic E-state index is 12.0. The summed E-state index contributed by atoms with van der Waals surface area (Å²) in [4.78, 5) is 13.9. The van der Waals surface area contributed by atoms with Crippen LogP contribution >= 0.6 is 12.4 Å². The Labute approximate surface area is 199 Å². The van der Waals surface area contributed by atoms with Crippen molar-refractivity contribution in [2.75, 3.05) is 32.5 Å². The van der Waals surface area contributed by atoms with E-state index in [0.717, 1.165) is 30.1 Å². The molecule has 2 N–H and O–H groups in total. The van der Waals surface area contributed by atoms with Crippen LogP contribution in [0.15, 0.2) is 24.3 Å². The largest absolute Gasteiger partial charge is 0.494 e. The van der Waals surface area contributed by atoms with Crippen molar-refractivity contribution in [3.05, 3.63) is 29.8 Å². The van der Waals surface area contributed by atoms with E-state index in [9.17, 15) is 18.3 Å². The molecule has 2 rings (SSSR count). The molecule has 1 fully saturated rings. The van der Waals surface area contributed by atoms with Crippen LogP contribution in [-0.2, 0) is 21.2 Å². The molecule has 0 aliphatic carbocycles. The SMILES string of the molecule is CCCCS(=O)(=O)N[C@@H](Cc1ccc(OCCCCC2CCN(C)CC2)cc1)C(=O)O.Cl. The van der Waals surface area contributed by atoms with E-state index in [4.69, 9.17) is 4.74 Å². The summed E-state index contributed by atoms with van der Waals surface area (Å²) in [6.07, 6.45) is 7.39. The number of halogens is 1. The standard InChI is InChI=1S/C23H38N2O5S.ClH/c1-3-4-17-31(28,29)24-22(23(26)27)18-20-8-10-21(11-9-20)30-16-6-5-7-19-12-14-25(2)15-13-19;/h8-11,19,22,24H,3-7,12-18H2,1-2H3,(H,26,27);1H/t22-;/m0./s1. The number of unbranched alkanes of at least 4 members (excludes halogenated alkanes) is 2. The van der Waals surface area contributed by atoms with Crippen molar-refractivity contribution in [1.29, 1.82) is 0 Å². The molecule has 0 bridgehead atoms. The molecule has 32 heavy (non-hydrogen) atoms. The first-order valence-electron chi connectivity index (χ1n) is 11.4. The molecule has 9 heteroatoms. The fourth-order valence-electron chi connectivity index (χ4n) is 3.82. The molecule has 1 aliphatic rings. The number of benzene rings is 1. The Morgan fingerprint density at radius 3 is 2.44 bits per heavy atom. The maximum atomic E-state index is 12.0. The summed E-state index contributed by atoms with van der Waals surface area (Å²) >= 11 is 0. The molecule has 0 radical (unpaired) electrons. The number of sulfonamides is 1. The molecule has 1 aliphatic heterocycles. The van der Waals surface area contributed by atoms with Gasteiger partial charge in [-0.3, -0.25) is 4.79 Å². The third-order valence-corrected chi connectivity index (χ3v) is 7.33. The first-order valence-corrected chi connectivity index (χ1v) is 13.1. The number of piperidine rings is 1. The second kappa shape index (κ2) is 14.7. The smallest absolute Gasteiger partial charge is 0.322 e. The van der Waals surface area contributed by atoms with Crippen LogP contribution in [0, 0.1) is 5.92 Å². The Hall–Kier alpha value is -1.35. The minimum atomic E-state index is -3.60. The summed E-state index contributed by atoms with van der Waals surface area (Å²) in [6, 6.07) is 6.05. The summed E-state index contributed by atoms with van der Waals surface area (Å²) < 4.78 is 32.2. The third kappa shape index (κ3) is 11.0. The van der Waals surface area contributed by atoms with Gasteiger partial charge >= 0.3 is 5.97 Å². The van der Waals surface area contributed by atoms with Gasteiger partial charge in [-0.15, -0.1) is 12.4 Å². The van der Waals surface area contributed by atoms with E-state index in [1.165, 1.54) is 38.8 Å². The molecule has 1 atom stereocenters. The lowest BCUT2D eigenvalue weighted by Crippen LogP contribution is -2.43. The second-order valence-corrected chi connectivity index (χ2v) is 10.5. The molecular formula is C23H39ClN2O5S. The van der Waals surface area contributed by atoms with Crippen LogP contribution in [0.4, 0.5) is 0 Å². The zero-order valence-electron chi connectivity index (χ0n) is 19.3.